The minimum absolute atomic E-state index is 0.104. The number of carbonyl (C=O) groups is 1. The van der Waals surface area contributed by atoms with Gasteiger partial charge in [0.2, 0.25) is 0 Å². The summed E-state index contributed by atoms with van der Waals surface area (Å²) in [4.78, 5) is 20.2. The lowest BCUT2D eigenvalue weighted by Gasteiger charge is -2.32. The van der Waals surface area contributed by atoms with E-state index < -0.39 is 0 Å². The zero-order valence-electron chi connectivity index (χ0n) is 15.0. The van der Waals surface area contributed by atoms with E-state index in [0.717, 1.165) is 52.8 Å². The van der Waals surface area contributed by atoms with Crippen LogP contribution in [0.1, 0.15) is 35.1 Å². The number of ether oxygens (including phenoxy) is 1. The van der Waals surface area contributed by atoms with Gasteiger partial charge in [-0.25, -0.2) is 4.98 Å². The van der Waals surface area contributed by atoms with Crippen molar-refractivity contribution in [1.29, 1.82) is 0 Å². The van der Waals surface area contributed by atoms with Crippen molar-refractivity contribution >= 4 is 17.2 Å². The van der Waals surface area contributed by atoms with E-state index in [4.69, 9.17) is 4.74 Å². The first-order chi connectivity index (χ1) is 12.1. The molecule has 1 N–H and O–H groups in total. The van der Waals surface area contributed by atoms with Gasteiger partial charge in [0.1, 0.15) is 15.6 Å². The number of nitrogens with zero attached hydrogens (tertiary/aromatic N) is 2. The molecule has 3 rings (SSSR count). The van der Waals surface area contributed by atoms with Crippen molar-refractivity contribution in [3.05, 3.63) is 34.8 Å². The molecule has 2 heterocycles. The summed E-state index contributed by atoms with van der Waals surface area (Å²) >= 11 is 1.48. The number of benzene rings is 1. The van der Waals surface area contributed by atoms with Crippen molar-refractivity contribution in [2.24, 2.45) is 0 Å². The molecule has 1 aliphatic rings. The Bertz CT molecular complexity index is 727. The average Bonchev–Trinajstić information content (AvgIpc) is 3.03. The van der Waals surface area contributed by atoms with Crippen LogP contribution in [0.2, 0.25) is 0 Å². The fourth-order valence-corrected chi connectivity index (χ4v) is 4.16. The maximum Gasteiger partial charge on any atom is 0.265 e. The summed E-state index contributed by atoms with van der Waals surface area (Å²) in [6.07, 6.45) is 2.17. The minimum Gasteiger partial charge on any atom is -0.494 e. The SMILES string of the molecule is CCOc1ccc(-c2nc(C)c(C(=O)N3CCC[C@@H](NC)C3)s2)cc1. The van der Waals surface area contributed by atoms with E-state index >= 15 is 0 Å². The number of thiazole rings is 1. The summed E-state index contributed by atoms with van der Waals surface area (Å²) in [7, 11) is 1.96. The molecule has 0 saturated carbocycles. The molecule has 0 radical (unpaired) electrons. The number of piperidine rings is 1. The topological polar surface area (TPSA) is 54.5 Å². The second-order valence-corrected chi connectivity index (χ2v) is 7.27. The van der Waals surface area contributed by atoms with Gasteiger partial charge >= 0.3 is 0 Å². The number of aromatic nitrogens is 1. The molecule has 1 aromatic carbocycles. The Morgan fingerprint density at radius 3 is 2.84 bits per heavy atom. The molecule has 1 aromatic heterocycles. The van der Waals surface area contributed by atoms with Crippen LogP contribution in [0, 0.1) is 6.92 Å². The smallest absolute Gasteiger partial charge is 0.265 e. The summed E-state index contributed by atoms with van der Waals surface area (Å²) < 4.78 is 5.48. The lowest BCUT2D eigenvalue weighted by atomic mass is 10.1. The maximum atomic E-state index is 12.9. The Kier molecular flexibility index (Phi) is 5.71. The Balaban J connectivity index is 1.78. The van der Waals surface area contributed by atoms with Crippen LogP contribution < -0.4 is 10.1 Å². The van der Waals surface area contributed by atoms with Crippen molar-refractivity contribution in [2.75, 3.05) is 26.7 Å². The molecule has 25 heavy (non-hydrogen) atoms. The van der Waals surface area contributed by atoms with E-state index in [2.05, 4.69) is 10.3 Å². The first-order valence-corrected chi connectivity index (χ1v) is 9.61. The molecular weight excluding hydrogens is 334 g/mol. The number of likely N-dealkylation sites (tertiary alicyclic amines) is 1. The van der Waals surface area contributed by atoms with Gasteiger partial charge in [-0.2, -0.15) is 0 Å². The molecule has 1 saturated heterocycles. The third-order valence-electron chi connectivity index (χ3n) is 4.52. The Hall–Kier alpha value is -1.92. The van der Waals surface area contributed by atoms with E-state index in [-0.39, 0.29) is 5.91 Å². The van der Waals surface area contributed by atoms with Crippen LogP contribution >= 0.6 is 11.3 Å². The standard InChI is InChI=1S/C19H25N3O2S/c1-4-24-16-9-7-14(8-10-16)18-21-13(2)17(25-18)19(23)22-11-5-6-15(12-22)20-3/h7-10,15,20H,4-6,11-12H2,1-3H3/t15-/m1/s1. The Morgan fingerprint density at radius 2 is 2.16 bits per heavy atom. The molecule has 1 fully saturated rings. The molecular formula is C19H25N3O2S. The van der Waals surface area contributed by atoms with Gasteiger partial charge in [0, 0.05) is 24.7 Å². The van der Waals surface area contributed by atoms with Gasteiger partial charge in [0.15, 0.2) is 0 Å². The van der Waals surface area contributed by atoms with E-state index in [0.29, 0.717) is 12.6 Å². The monoisotopic (exact) mass is 359 g/mol. The van der Waals surface area contributed by atoms with Crippen molar-refractivity contribution in [1.82, 2.24) is 15.2 Å². The Morgan fingerprint density at radius 1 is 1.40 bits per heavy atom. The minimum atomic E-state index is 0.104. The predicted octanol–water partition coefficient (Wildman–Crippen LogP) is 3.34. The fraction of sp³-hybridized carbons (Fsp3) is 0.474. The van der Waals surface area contributed by atoms with Gasteiger partial charge in [0.25, 0.3) is 5.91 Å². The van der Waals surface area contributed by atoms with E-state index in [1.807, 2.05) is 50.1 Å². The van der Waals surface area contributed by atoms with Crippen LogP contribution in [0.4, 0.5) is 0 Å². The second kappa shape index (κ2) is 7.97. The Labute approximate surface area is 153 Å². The molecule has 1 aliphatic heterocycles. The molecule has 2 aromatic rings. The van der Waals surface area contributed by atoms with Crippen molar-refractivity contribution in [2.45, 2.75) is 32.7 Å². The number of rotatable bonds is 5. The normalized spacial score (nSPS) is 17.6. The summed E-state index contributed by atoms with van der Waals surface area (Å²) in [6.45, 7) is 6.13. The molecule has 1 amide bonds. The fourth-order valence-electron chi connectivity index (χ4n) is 3.12. The van der Waals surface area contributed by atoms with Gasteiger partial charge < -0.3 is 15.0 Å². The number of likely N-dealkylation sites (N-methyl/N-ethyl adjacent to an activating group) is 1. The highest BCUT2D eigenvalue weighted by Gasteiger charge is 2.26. The predicted molar refractivity (Wildman–Crippen MR) is 101 cm³/mol. The lowest BCUT2D eigenvalue weighted by Crippen LogP contribution is -2.46. The summed E-state index contributed by atoms with van der Waals surface area (Å²) in [5, 5.41) is 4.16. The van der Waals surface area contributed by atoms with E-state index in [1.165, 1.54) is 11.3 Å². The third kappa shape index (κ3) is 4.02. The summed E-state index contributed by atoms with van der Waals surface area (Å²) in [5.41, 5.74) is 1.83. The van der Waals surface area contributed by atoms with Gasteiger partial charge in [-0.05, 0) is 58.0 Å². The highest BCUT2D eigenvalue weighted by atomic mass is 32.1. The lowest BCUT2D eigenvalue weighted by molar-refractivity contribution is 0.0702. The van der Waals surface area contributed by atoms with Crippen LogP contribution in [0.3, 0.4) is 0 Å². The third-order valence-corrected chi connectivity index (χ3v) is 5.71. The highest BCUT2D eigenvalue weighted by Crippen LogP contribution is 2.30. The summed E-state index contributed by atoms with van der Waals surface area (Å²) in [5.74, 6) is 0.953. The molecule has 0 bridgehead atoms. The van der Waals surface area contributed by atoms with Crippen molar-refractivity contribution in [3.63, 3.8) is 0 Å². The number of amides is 1. The van der Waals surface area contributed by atoms with E-state index in [1.54, 1.807) is 0 Å². The molecule has 1 atom stereocenters. The van der Waals surface area contributed by atoms with Crippen LogP contribution in [0.5, 0.6) is 5.75 Å². The molecule has 134 valence electrons. The number of aryl methyl sites for hydroxylation is 1. The first-order valence-electron chi connectivity index (χ1n) is 8.79. The molecule has 6 heteroatoms. The second-order valence-electron chi connectivity index (χ2n) is 6.27. The zero-order valence-corrected chi connectivity index (χ0v) is 15.9. The number of carbonyl (C=O) groups excluding carboxylic acids is 1. The van der Waals surface area contributed by atoms with Crippen LogP contribution in [0.25, 0.3) is 10.6 Å². The molecule has 0 unspecified atom stereocenters. The van der Waals surface area contributed by atoms with Crippen LogP contribution in [-0.4, -0.2) is 48.6 Å². The highest BCUT2D eigenvalue weighted by molar-refractivity contribution is 7.17. The molecule has 5 nitrogen and oxygen atoms in total. The number of hydrogen-bond acceptors (Lipinski definition) is 5. The largest absolute Gasteiger partial charge is 0.494 e. The van der Waals surface area contributed by atoms with Crippen molar-refractivity contribution in [3.8, 4) is 16.3 Å². The number of hydrogen-bond donors (Lipinski definition) is 1. The quantitative estimate of drug-likeness (QED) is 0.890. The van der Waals surface area contributed by atoms with Crippen LogP contribution in [-0.2, 0) is 0 Å². The summed E-state index contributed by atoms with van der Waals surface area (Å²) in [6, 6.07) is 8.26. The van der Waals surface area contributed by atoms with Gasteiger partial charge in [0.05, 0.1) is 12.3 Å². The van der Waals surface area contributed by atoms with Crippen molar-refractivity contribution < 1.29 is 9.53 Å². The molecule has 0 aliphatic carbocycles. The van der Waals surface area contributed by atoms with Gasteiger partial charge in [-0.3, -0.25) is 4.79 Å². The van der Waals surface area contributed by atoms with Gasteiger partial charge in [-0.1, -0.05) is 0 Å². The zero-order chi connectivity index (χ0) is 17.8. The molecule has 0 spiro atoms. The van der Waals surface area contributed by atoms with Crippen LogP contribution in [0.15, 0.2) is 24.3 Å². The van der Waals surface area contributed by atoms with E-state index in [9.17, 15) is 4.79 Å². The average molecular weight is 359 g/mol. The number of nitrogens with one attached hydrogen (secondary N) is 1. The maximum absolute atomic E-state index is 12.9. The van der Waals surface area contributed by atoms with Gasteiger partial charge in [-0.15, -0.1) is 11.3 Å². The first kappa shape index (κ1) is 17.9.